The van der Waals surface area contributed by atoms with Crippen LogP contribution >= 0.6 is 15.9 Å². The van der Waals surface area contributed by atoms with Crippen LogP contribution in [0.2, 0.25) is 0 Å². The fourth-order valence-corrected chi connectivity index (χ4v) is 3.12. The highest BCUT2D eigenvalue weighted by Crippen LogP contribution is 2.35. The van der Waals surface area contributed by atoms with E-state index in [1.807, 2.05) is 18.2 Å². The van der Waals surface area contributed by atoms with Gasteiger partial charge in [-0.1, -0.05) is 40.2 Å². The van der Waals surface area contributed by atoms with Crippen LogP contribution in [0.5, 0.6) is 0 Å². The molecule has 1 aliphatic heterocycles. The Balaban J connectivity index is 1.99. The van der Waals surface area contributed by atoms with E-state index in [1.54, 1.807) is 12.1 Å². The molecule has 2 atom stereocenters. The van der Waals surface area contributed by atoms with Crippen molar-refractivity contribution in [1.29, 1.82) is 0 Å². The molecule has 1 heterocycles. The molecule has 0 saturated carbocycles. The van der Waals surface area contributed by atoms with E-state index >= 15 is 0 Å². The van der Waals surface area contributed by atoms with Gasteiger partial charge in [-0.2, -0.15) is 0 Å². The van der Waals surface area contributed by atoms with Crippen LogP contribution in [0.1, 0.15) is 28.8 Å². The van der Waals surface area contributed by atoms with Gasteiger partial charge in [-0.3, -0.25) is 0 Å². The maximum atomic E-state index is 13.9. The van der Waals surface area contributed by atoms with Crippen molar-refractivity contribution in [3.63, 3.8) is 0 Å². The molecule has 3 rings (SSSR count). The minimum atomic E-state index is -0.908. The molecule has 0 spiro atoms. The Hall–Kier alpha value is -1.23. The number of hydrogen-bond acceptors (Lipinski definition) is 2. The number of aliphatic hydroxyl groups excluding tert-OH is 1. The highest BCUT2D eigenvalue weighted by Gasteiger charge is 2.28. The van der Waals surface area contributed by atoms with Crippen LogP contribution in [0.3, 0.4) is 0 Å². The molecule has 2 nitrogen and oxygen atoms in total. The molecule has 20 heavy (non-hydrogen) atoms. The molecule has 1 aliphatic rings. The van der Waals surface area contributed by atoms with Gasteiger partial charge in [-0.05, 0) is 42.3 Å². The number of halogens is 2. The Kier molecular flexibility index (Phi) is 3.87. The number of rotatable bonds is 2. The summed E-state index contributed by atoms with van der Waals surface area (Å²) in [6, 6.07) is 12.4. The third kappa shape index (κ3) is 2.51. The predicted octanol–water partition coefficient (Wildman–Crippen LogP) is 3.51. The summed E-state index contributed by atoms with van der Waals surface area (Å²) in [5, 5.41) is 13.9. The van der Waals surface area contributed by atoms with Crippen molar-refractivity contribution in [1.82, 2.24) is 5.32 Å². The highest BCUT2D eigenvalue weighted by atomic mass is 79.9. The second-order valence-electron chi connectivity index (χ2n) is 4.99. The summed E-state index contributed by atoms with van der Waals surface area (Å²) in [5.41, 5.74) is 2.57. The molecular formula is C16H15BrFNO. The number of hydrogen-bond donors (Lipinski definition) is 2. The normalized spacial score (nSPS) is 19.4. The zero-order valence-electron chi connectivity index (χ0n) is 10.8. The van der Waals surface area contributed by atoms with Gasteiger partial charge in [-0.25, -0.2) is 4.39 Å². The van der Waals surface area contributed by atoms with Gasteiger partial charge in [0.15, 0.2) is 0 Å². The van der Waals surface area contributed by atoms with Gasteiger partial charge in [0, 0.05) is 10.0 Å². The monoisotopic (exact) mass is 335 g/mol. The maximum absolute atomic E-state index is 13.9. The lowest BCUT2D eigenvalue weighted by Gasteiger charge is -2.31. The van der Waals surface area contributed by atoms with E-state index in [2.05, 4.69) is 27.3 Å². The molecule has 104 valence electrons. The Morgan fingerprint density at radius 2 is 2.05 bits per heavy atom. The molecule has 0 fully saturated rings. The molecule has 0 aliphatic carbocycles. The topological polar surface area (TPSA) is 32.3 Å². The number of fused-ring (bicyclic) bond motifs is 1. The Bertz CT molecular complexity index is 632. The van der Waals surface area contributed by atoms with Crippen molar-refractivity contribution in [2.75, 3.05) is 6.54 Å². The molecule has 0 saturated heterocycles. The molecular weight excluding hydrogens is 321 g/mol. The first-order valence-corrected chi connectivity index (χ1v) is 7.40. The molecule has 2 aromatic carbocycles. The average molecular weight is 336 g/mol. The first-order valence-electron chi connectivity index (χ1n) is 6.61. The minimum absolute atomic E-state index is 0.274. The van der Waals surface area contributed by atoms with E-state index in [4.69, 9.17) is 0 Å². The third-order valence-electron chi connectivity index (χ3n) is 3.74. The maximum Gasteiger partial charge on any atom is 0.129 e. The van der Waals surface area contributed by atoms with Crippen LogP contribution < -0.4 is 5.32 Å². The number of benzene rings is 2. The highest BCUT2D eigenvalue weighted by molar-refractivity contribution is 9.10. The first kappa shape index (κ1) is 13.7. The van der Waals surface area contributed by atoms with Crippen LogP contribution in [0.25, 0.3) is 0 Å². The van der Waals surface area contributed by atoms with Crippen LogP contribution in [0.4, 0.5) is 4.39 Å². The lowest BCUT2D eigenvalue weighted by atomic mass is 9.88. The standard InChI is InChI=1S/C16H15BrFNO/c17-11-5-6-14(18)13(9-11)16(20)15-12-4-2-1-3-10(12)7-8-19-15/h1-6,9,15-16,19-20H,7-8H2. The van der Waals surface area contributed by atoms with E-state index in [9.17, 15) is 9.50 Å². The summed E-state index contributed by atoms with van der Waals surface area (Å²) in [6.07, 6.45) is 0.0225. The minimum Gasteiger partial charge on any atom is -0.386 e. The Morgan fingerprint density at radius 1 is 1.25 bits per heavy atom. The number of aliphatic hydroxyl groups is 1. The fraction of sp³-hybridized carbons (Fsp3) is 0.250. The average Bonchev–Trinajstić information content (AvgIpc) is 2.48. The Morgan fingerprint density at radius 3 is 2.90 bits per heavy atom. The van der Waals surface area contributed by atoms with Crippen molar-refractivity contribution < 1.29 is 9.50 Å². The summed E-state index contributed by atoms with van der Waals surface area (Å²) in [5.74, 6) is -0.384. The molecule has 2 aromatic rings. The quantitative estimate of drug-likeness (QED) is 0.880. The van der Waals surface area contributed by atoms with E-state index in [0.29, 0.717) is 5.56 Å². The SMILES string of the molecule is OC(c1cc(Br)ccc1F)C1NCCc2ccccc21. The van der Waals surface area contributed by atoms with Crippen LogP contribution in [-0.2, 0) is 6.42 Å². The smallest absolute Gasteiger partial charge is 0.129 e. The van der Waals surface area contributed by atoms with Crippen molar-refractivity contribution in [3.05, 3.63) is 69.4 Å². The van der Waals surface area contributed by atoms with Gasteiger partial charge in [0.1, 0.15) is 11.9 Å². The fourth-order valence-electron chi connectivity index (χ4n) is 2.74. The van der Waals surface area contributed by atoms with Crippen molar-refractivity contribution in [3.8, 4) is 0 Å². The van der Waals surface area contributed by atoms with Crippen LogP contribution in [0.15, 0.2) is 46.9 Å². The summed E-state index contributed by atoms with van der Waals surface area (Å²) < 4.78 is 14.7. The van der Waals surface area contributed by atoms with E-state index in [-0.39, 0.29) is 11.9 Å². The molecule has 0 amide bonds. The van der Waals surface area contributed by atoms with Crippen LogP contribution in [-0.4, -0.2) is 11.7 Å². The van der Waals surface area contributed by atoms with Gasteiger partial charge < -0.3 is 10.4 Å². The van der Waals surface area contributed by atoms with Crippen LogP contribution in [0, 0.1) is 5.82 Å². The largest absolute Gasteiger partial charge is 0.386 e. The van der Waals surface area contributed by atoms with Gasteiger partial charge in [0.05, 0.1) is 6.04 Å². The van der Waals surface area contributed by atoms with E-state index < -0.39 is 6.10 Å². The van der Waals surface area contributed by atoms with Gasteiger partial charge >= 0.3 is 0 Å². The molecule has 2 N–H and O–H groups in total. The van der Waals surface area contributed by atoms with Crippen molar-refractivity contribution in [2.45, 2.75) is 18.6 Å². The Labute approximate surface area is 125 Å². The van der Waals surface area contributed by atoms with Gasteiger partial charge in [0.25, 0.3) is 0 Å². The summed E-state index contributed by atoms with van der Waals surface area (Å²) >= 11 is 3.32. The summed E-state index contributed by atoms with van der Waals surface area (Å²) in [4.78, 5) is 0. The lowest BCUT2D eigenvalue weighted by Crippen LogP contribution is -2.34. The first-order chi connectivity index (χ1) is 9.66. The summed E-state index contributed by atoms with van der Waals surface area (Å²) in [7, 11) is 0. The molecule has 0 radical (unpaired) electrons. The van der Waals surface area contributed by atoms with Gasteiger partial charge in [-0.15, -0.1) is 0 Å². The zero-order valence-corrected chi connectivity index (χ0v) is 12.4. The molecule has 4 heteroatoms. The van der Waals surface area contributed by atoms with Crippen molar-refractivity contribution in [2.24, 2.45) is 0 Å². The second kappa shape index (κ2) is 5.64. The zero-order chi connectivity index (χ0) is 14.1. The number of nitrogens with one attached hydrogen (secondary N) is 1. The lowest BCUT2D eigenvalue weighted by molar-refractivity contribution is 0.121. The molecule has 2 unspecified atom stereocenters. The molecule has 0 aromatic heterocycles. The summed E-state index contributed by atoms with van der Waals surface area (Å²) in [6.45, 7) is 0.786. The second-order valence-corrected chi connectivity index (χ2v) is 5.91. The van der Waals surface area contributed by atoms with Gasteiger partial charge in [0.2, 0.25) is 0 Å². The van der Waals surface area contributed by atoms with E-state index in [0.717, 1.165) is 23.0 Å². The molecule has 0 bridgehead atoms. The predicted molar refractivity (Wildman–Crippen MR) is 79.9 cm³/mol. The van der Waals surface area contributed by atoms with Crippen molar-refractivity contribution >= 4 is 15.9 Å². The van der Waals surface area contributed by atoms with E-state index in [1.165, 1.54) is 11.6 Å². The third-order valence-corrected chi connectivity index (χ3v) is 4.23.